The van der Waals surface area contributed by atoms with E-state index in [2.05, 4.69) is 355 Å². The number of rotatable bonds is 5. The van der Waals surface area contributed by atoms with Gasteiger partial charge in [-0.05, 0) is 184 Å². The van der Waals surface area contributed by atoms with Crippen LogP contribution in [-0.2, 0) is 42.3 Å². The molecule has 12 heterocycles. The Labute approximate surface area is 711 Å². The minimum absolute atomic E-state index is 0.807. The number of fused-ring (bicyclic) bond motifs is 20. The molecule has 0 aliphatic carbocycles. The normalized spacial score (nSPS) is 11.7. The van der Waals surface area contributed by atoms with E-state index in [9.17, 15) is 0 Å². The topological polar surface area (TPSA) is 129 Å². The SMILES string of the molecule is Cc1ccc2c(oc3cc4ccccc4cc32)c1-c1n(C)cc[n+]1C.Cc1ccc2c(oc3cc4ccccc4cc32)c1-c1occ[n+]1C.Cc1ccc2c(oc3cc4ccccc4cc32)c1-c1scc[n+]1C.Cc1cnc2c(oc3cc4ccccc4cc32)c1-c1cccc[n+]1C.Cc1ncc2c(oc3cc4ccccc4cc32)c1-c1cccc[n+]1C. The van der Waals surface area contributed by atoms with Crippen LogP contribution in [0, 0.1) is 34.6 Å². The van der Waals surface area contributed by atoms with Crippen LogP contribution in [-0.4, -0.2) is 14.5 Å². The van der Waals surface area contributed by atoms with E-state index >= 15 is 0 Å². The Hall–Kier alpha value is -15.2. The number of hydrogen-bond acceptors (Lipinski definition) is 9. The zero-order chi connectivity index (χ0) is 83.6. The molecule has 0 amide bonds. The van der Waals surface area contributed by atoms with E-state index in [1.165, 1.54) is 97.1 Å². The summed E-state index contributed by atoms with van der Waals surface area (Å²) in [7, 11) is 12.3. The highest BCUT2D eigenvalue weighted by atomic mass is 32.1. The molecule has 0 aliphatic rings. The highest BCUT2D eigenvalue weighted by Gasteiger charge is 2.29. The van der Waals surface area contributed by atoms with Gasteiger partial charge in [-0.3, -0.25) is 9.97 Å². The first-order valence-corrected chi connectivity index (χ1v) is 42.1. The predicted molar refractivity (Wildman–Crippen MR) is 498 cm³/mol. The Morgan fingerprint density at radius 1 is 0.301 bits per heavy atom. The summed E-state index contributed by atoms with van der Waals surface area (Å²) < 4.78 is 50.0. The molecule has 0 atom stereocenters. The number of oxazole rings is 1. The molecule has 0 spiro atoms. The van der Waals surface area contributed by atoms with Crippen LogP contribution in [0.3, 0.4) is 0 Å². The molecule has 594 valence electrons. The fourth-order valence-electron chi connectivity index (χ4n) is 17.9. The molecule has 0 aliphatic heterocycles. The summed E-state index contributed by atoms with van der Waals surface area (Å²) in [4.78, 5) is 9.34. The molecule has 0 unspecified atom stereocenters. The number of imidazole rings is 1. The lowest BCUT2D eigenvalue weighted by molar-refractivity contribution is -0.662. The van der Waals surface area contributed by atoms with E-state index in [4.69, 9.17) is 26.5 Å². The van der Waals surface area contributed by atoms with Crippen molar-refractivity contribution < 1.29 is 49.3 Å². The standard InChI is InChI=1S/C22H19N2O.2C22H17N2O.C21H16NO2.C21H16NOS/c1-14-8-9-17-18-12-15-6-4-5-7-16(15)13-19(18)25-21(17)20(14)22-23(2)10-11-24(22)3;1-14-21(19-9-5-6-10-24(19)2)22-18(13-23-14)17-11-15-7-3-4-8-16(15)12-20(17)25-22;1-14-13-23-21-17-11-15-7-3-4-8-16(15)12-19(17)25-22(21)20(14)18-9-5-6-10-24(18)2;1-13-7-8-16-17-11-14-5-3-4-6-15(14)12-18(17)24-20(16)19(13)21-22(2)9-10-23-21;1-13-7-8-16-17-11-14-5-3-4-6-15(14)12-18(17)23-20(16)19(13)21-22(2)9-10-24-21/h4-13H,1-3H3;2*3-13H,1-2H3;2*3-12H,1-2H3/q5*+1. The Bertz CT molecular complexity index is 8160. The monoisotopic (exact) mass is 1620 g/mol. The van der Waals surface area contributed by atoms with Gasteiger partial charge in [0.2, 0.25) is 17.6 Å². The molecule has 25 aromatic rings. The van der Waals surface area contributed by atoms with Crippen molar-refractivity contribution in [3.8, 4) is 55.9 Å². The van der Waals surface area contributed by atoms with Gasteiger partial charge < -0.3 is 26.5 Å². The zero-order valence-electron chi connectivity index (χ0n) is 70.0. The van der Waals surface area contributed by atoms with Crippen molar-refractivity contribution in [3.63, 3.8) is 0 Å². The number of aromatic nitrogens is 8. The third-order valence-electron chi connectivity index (χ3n) is 24.3. The van der Waals surface area contributed by atoms with Crippen molar-refractivity contribution in [3.05, 3.63) is 344 Å². The second-order valence-electron chi connectivity index (χ2n) is 32.2. The molecule has 25 rings (SSSR count). The summed E-state index contributed by atoms with van der Waals surface area (Å²) in [5.41, 5.74) is 23.5. The molecular weight excluding hydrogens is 1540 g/mol. The highest BCUT2D eigenvalue weighted by molar-refractivity contribution is 7.12. The second kappa shape index (κ2) is 30.3. The lowest BCUT2D eigenvalue weighted by Gasteiger charge is -2.04. The van der Waals surface area contributed by atoms with Gasteiger partial charge >= 0.3 is 5.89 Å². The smallest absolute Gasteiger partial charge is 0.384 e. The predicted octanol–water partition coefficient (Wildman–Crippen LogP) is 25.5. The average molecular weight is 1620 g/mol. The van der Waals surface area contributed by atoms with Crippen molar-refractivity contribution in [2.45, 2.75) is 34.6 Å². The molecule has 13 aromatic carbocycles. The van der Waals surface area contributed by atoms with Crippen molar-refractivity contribution in [2.24, 2.45) is 42.3 Å². The minimum Gasteiger partial charge on any atom is -0.455 e. The maximum atomic E-state index is 6.38. The van der Waals surface area contributed by atoms with Gasteiger partial charge in [0, 0.05) is 85.1 Å². The fraction of sp³-hybridized carbons (Fsp3) is 0.102. The molecule has 12 aromatic heterocycles. The van der Waals surface area contributed by atoms with Crippen LogP contribution in [0.5, 0.6) is 0 Å². The summed E-state index contributed by atoms with van der Waals surface area (Å²) in [6.07, 6.45) is 17.8. The Balaban J connectivity index is 0.0000000945. The molecule has 15 heteroatoms. The first-order chi connectivity index (χ1) is 60.0. The summed E-state index contributed by atoms with van der Waals surface area (Å²) in [5, 5.41) is 25.6. The fourth-order valence-corrected chi connectivity index (χ4v) is 18.9. The van der Waals surface area contributed by atoms with Crippen molar-refractivity contribution >= 4 is 175 Å². The molecular formula is C108H85N8O6S+5. The highest BCUT2D eigenvalue weighted by Crippen LogP contribution is 2.45. The molecule has 0 saturated carbocycles. The summed E-state index contributed by atoms with van der Waals surface area (Å²) >= 11 is 1.75. The first kappa shape index (κ1) is 75.3. The molecule has 14 nitrogen and oxygen atoms in total. The number of hydrogen-bond donors (Lipinski definition) is 0. The molecule has 0 saturated heterocycles. The molecule has 0 radical (unpaired) electrons. The minimum atomic E-state index is 0.807. The lowest BCUT2D eigenvalue weighted by atomic mass is 10.0. The maximum absolute atomic E-state index is 6.38. The zero-order valence-corrected chi connectivity index (χ0v) is 70.8. The van der Waals surface area contributed by atoms with E-state index in [1.807, 2.05) is 68.6 Å². The number of pyridine rings is 4. The number of benzene rings is 13. The first-order valence-electron chi connectivity index (χ1n) is 41.3. The average Bonchev–Trinajstić information content (AvgIpc) is 1.62. The van der Waals surface area contributed by atoms with Gasteiger partial charge in [0.1, 0.15) is 96.3 Å². The number of nitrogens with zero attached hydrogens (tertiary/aromatic N) is 8. The van der Waals surface area contributed by atoms with E-state index in [0.717, 1.165) is 150 Å². The molecule has 0 N–H and O–H groups in total. The van der Waals surface area contributed by atoms with Crippen LogP contribution >= 0.6 is 11.3 Å². The van der Waals surface area contributed by atoms with Crippen LogP contribution in [0.15, 0.2) is 343 Å². The van der Waals surface area contributed by atoms with E-state index in [0.29, 0.717) is 0 Å². The quantitative estimate of drug-likeness (QED) is 0.156. The summed E-state index contributed by atoms with van der Waals surface area (Å²) in [5.74, 6) is 1.95. The van der Waals surface area contributed by atoms with Crippen LogP contribution < -0.4 is 22.8 Å². The largest absolute Gasteiger partial charge is 0.455 e. The lowest BCUT2D eigenvalue weighted by Crippen LogP contribution is -2.30. The summed E-state index contributed by atoms with van der Waals surface area (Å²) in [6, 6.07) is 89.0. The number of aryl methyl sites for hydroxylation is 11. The van der Waals surface area contributed by atoms with E-state index < -0.39 is 0 Å². The second-order valence-corrected chi connectivity index (χ2v) is 33.1. The Morgan fingerprint density at radius 3 is 1.12 bits per heavy atom. The van der Waals surface area contributed by atoms with Gasteiger partial charge in [0.25, 0.3) is 10.8 Å². The van der Waals surface area contributed by atoms with E-state index in [-0.39, 0.29) is 0 Å². The van der Waals surface area contributed by atoms with E-state index in [1.54, 1.807) is 17.6 Å². The van der Waals surface area contributed by atoms with Crippen molar-refractivity contribution in [1.82, 2.24) is 14.5 Å². The van der Waals surface area contributed by atoms with Gasteiger partial charge in [-0.25, -0.2) is 18.3 Å². The number of thiazole rings is 1. The third-order valence-corrected chi connectivity index (χ3v) is 25.3. The molecule has 0 bridgehead atoms. The van der Waals surface area contributed by atoms with Crippen LogP contribution in [0.2, 0.25) is 0 Å². The van der Waals surface area contributed by atoms with Crippen LogP contribution in [0.4, 0.5) is 0 Å². The maximum Gasteiger partial charge on any atom is 0.384 e. The Morgan fingerprint density at radius 2 is 0.691 bits per heavy atom. The summed E-state index contributed by atoms with van der Waals surface area (Å²) in [6.45, 7) is 10.5. The Kier molecular flexibility index (Phi) is 18.5. The third kappa shape index (κ3) is 13.1. The molecule has 123 heavy (non-hydrogen) atoms. The van der Waals surface area contributed by atoms with Crippen molar-refractivity contribution in [1.29, 1.82) is 0 Å². The number of furan rings is 5. The van der Waals surface area contributed by atoms with Gasteiger partial charge in [0.05, 0.1) is 30.7 Å². The molecule has 0 fully saturated rings. The van der Waals surface area contributed by atoms with Gasteiger partial charge in [-0.15, -0.1) is 0 Å². The van der Waals surface area contributed by atoms with Crippen LogP contribution in [0.25, 0.3) is 220 Å². The van der Waals surface area contributed by atoms with Gasteiger partial charge in [-0.1, -0.05) is 169 Å². The van der Waals surface area contributed by atoms with Crippen LogP contribution in [0.1, 0.15) is 27.9 Å². The van der Waals surface area contributed by atoms with Gasteiger partial charge in [-0.2, -0.15) is 9.13 Å². The van der Waals surface area contributed by atoms with Crippen molar-refractivity contribution in [2.75, 3.05) is 0 Å². The van der Waals surface area contributed by atoms with Gasteiger partial charge in [0.15, 0.2) is 52.8 Å².